The fraction of sp³-hybridized carbons (Fsp3) is 0.455. The monoisotopic (exact) mass is 301 g/mol. The van der Waals surface area contributed by atoms with E-state index in [2.05, 4.69) is 10.0 Å². The first kappa shape index (κ1) is 15.6. The zero-order valence-corrected chi connectivity index (χ0v) is 12.1. The van der Waals surface area contributed by atoms with E-state index in [1.165, 1.54) is 12.1 Å². The summed E-state index contributed by atoms with van der Waals surface area (Å²) >= 11 is 0.900. The first-order valence-corrected chi connectivity index (χ1v) is 8.06. The van der Waals surface area contributed by atoms with Crippen molar-refractivity contribution in [1.29, 1.82) is 5.26 Å². The molecule has 0 aliphatic rings. The predicted molar refractivity (Wildman–Crippen MR) is 72.1 cm³/mol. The first-order valence-electron chi connectivity index (χ1n) is 5.76. The van der Waals surface area contributed by atoms with Gasteiger partial charge in [-0.25, -0.2) is 13.1 Å². The van der Waals surface area contributed by atoms with Crippen LogP contribution >= 0.6 is 11.3 Å². The number of carbonyl (C=O) groups is 1. The van der Waals surface area contributed by atoms with E-state index < -0.39 is 10.0 Å². The number of thiophene rings is 1. The fourth-order valence-electron chi connectivity index (χ4n) is 1.25. The molecule has 19 heavy (non-hydrogen) atoms. The van der Waals surface area contributed by atoms with Crippen molar-refractivity contribution >= 4 is 27.3 Å². The summed E-state index contributed by atoms with van der Waals surface area (Å²) in [4.78, 5) is 11.6. The molecule has 1 aromatic heterocycles. The fourth-order valence-corrected chi connectivity index (χ4v) is 3.43. The van der Waals surface area contributed by atoms with Crippen molar-refractivity contribution in [3.63, 3.8) is 0 Å². The van der Waals surface area contributed by atoms with Gasteiger partial charge < -0.3 is 5.32 Å². The second-order valence-electron chi connectivity index (χ2n) is 3.73. The van der Waals surface area contributed by atoms with Crippen LogP contribution in [0.15, 0.2) is 16.3 Å². The minimum absolute atomic E-state index is 0.0394. The molecule has 0 radical (unpaired) electrons. The van der Waals surface area contributed by atoms with Gasteiger partial charge in [0.25, 0.3) is 0 Å². The molecule has 104 valence electrons. The van der Waals surface area contributed by atoms with Crippen LogP contribution in [0.1, 0.15) is 24.6 Å². The van der Waals surface area contributed by atoms with E-state index in [4.69, 9.17) is 5.26 Å². The Kier molecular flexibility index (Phi) is 5.95. The van der Waals surface area contributed by atoms with Crippen LogP contribution in [0, 0.1) is 11.3 Å². The smallest absolute Gasteiger partial charge is 0.250 e. The second kappa shape index (κ2) is 7.23. The van der Waals surface area contributed by atoms with Crippen LogP contribution in [-0.2, 0) is 14.8 Å². The average molecular weight is 301 g/mol. The molecule has 8 heteroatoms. The maximum absolute atomic E-state index is 11.8. The lowest BCUT2D eigenvalue weighted by Gasteiger charge is -2.05. The van der Waals surface area contributed by atoms with Gasteiger partial charge in [-0.15, -0.1) is 11.3 Å². The molecule has 0 saturated carbocycles. The van der Waals surface area contributed by atoms with Crippen molar-refractivity contribution in [3.8, 4) is 6.07 Å². The summed E-state index contributed by atoms with van der Waals surface area (Å²) in [5.41, 5.74) is 0. The molecule has 2 N–H and O–H groups in total. The van der Waals surface area contributed by atoms with Crippen LogP contribution in [0.3, 0.4) is 0 Å². The number of hydrogen-bond donors (Lipinski definition) is 2. The third kappa shape index (κ3) is 4.98. The zero-order chi connectivity index (χ0) is 14.3. The zero-order valence-electron chi connectivity index (χ0n) is 10.5. The van der Waals surface area contributed by atoms with E-state index in [1.807, 2.05) is 13.0 Å². The van der Waals surface area contributed by atoms with E-state index in [0.29, 0.717) is 11.4 Å². The topological polar surface area (TPSA) is 99.1 Å². The molecule has 0 spiro atoms. The van der Waals surface area contributed by atoms with Crippen LogP contribution in [0.2, 0.25) is 0 Å². The molecule has 0 bridgehead atoms. The van der Waals surface area contributed by atoms with Gasteiger partial charge in [0.05, 0.1) is 0 Å². The second-order valence-corrected chi connectivity index (χ2v) is 6.81. The third-order valence-corrected chi connectivity index (χ3v) is 5.12. The Morgan fingerprint density at radius 2 is 2.16 bits per heavy atom. The number of nitriles is 1. The van der Waals surface area contributed by atoms with Gasteiger partial charge in [-0.05, 0) is 18.6 Å². The first-order chi connectivity index (χ1) is 8.99. The third-order valence-electron chi connectivity index (χ3n) is 2.17. The lowest BCUT2D eigenvalue weighted by molar-refractivity contribution is -0.120. The van der Waals surface area contributed by atoms with Gasteiger partial charge in [0.1, 0.15) is 15.2 Å². The van der Waals surface area contributed by atoms with Crippen molar-refractivity contribution in [2.24, 2.45) is 0 Å². The van der Waals surface area contributed by atoms with Crippen molar-refractivity contribution in [1.82, 2.24) is 10.0 Å². The van der Waals surface area contributed by atoms with Gasteiger partial charge in [0, 0.05) is 19.5 Å². The largest absolute Gasteiger partial charge is 0.356 e. The summed E-state index contributed by atoms with van der Waals surface area (Å²) in [7, 11) is -3.63. The maximum atomic E-state index is 11.8. The number of sulfonamides is 1. The highest BCUT2D eigenvalue weighted by atomic mass is 32.2. The SMILES string of the molecule is CCCNC(=O)CCNS(=O)(=O)c1ccc(C#N)s1. The maximum Gasteiger partial charge on any atom is 0.250 e. The van der Waals surface area contributed by atoms with Gasteiger partial charge in [-0.1, -0.05) is 6.92 Å². The number of nitrogens with zero attached hydrogens (tertiary/aromatic N) is 1. The molecule has 1 aromatic rings. The quantitative estimate of drug-likeness (QED) is 0.778. The van der Waals surface area contributed by atoms with Crippen LogP contribution in [-0.4, -0.2) is 27.4 Å². The van der Waals surface area contributed by atoms with Crippen molar-refractivity contribution in [2.75, 3.05) is 13.1 Å². The number of nitrogens with one attached hydrogen (secondary N) is 2. The Morgan fingerprint density at radius 3 is 2.74 bits per heavy atom. The summed E-state index contributed by atoms with van der Waals surface area (Å²) in [5, 5.41) is 11.3. The summed E-state index contributed by atoms with van der Waals surface area (Å²) in [6, 6.07) is 4.71. The number of rotatable bonds is 7. The summed E-state index contributed by atoms with van der Waals surface area (Å²) < 4.78 is 26.0. The molecule has 1 amide bonds. The highest BCUT2D eigenvalue weighted by Gasteiger charge is 2.16. The Labute approximate surface area is 116 Å². The average Bonchev–Trinajstić information content (AvgIpc) is 2.85. The lowest BCUT2D eigenvalue weighted by Crippen LogP contribution is -2.30. The van der Waals surface area contributed by atoms with E-state index in [1.54, 1.807) is 0 Å². The van der Waals surface area contributed by atoms with Crippen molar-refractivity contribution in [2.45, 2.75) is 24.0 Å². The van der Waals surface area contributed by atoms with Crippen molar-refractivity contribution in [3.05, 3.63) is 17.0 Å². The lowest BCUT2D eigenvalue weighted by atomic mass is 10.4. The highest BCUT2D eigenvalue weighted by Crippen LogP contribution is 2.20. The standard InChI is InChI=1S/C11H15N3O3S2/c1-2-6-13-10(15)5-7-14-19(16,17)11-4-3-9(8-12)18-11/h3-4,14H,2,5-7H2,1H3,(H,13,15). The number of carbonyl (C=O) groups excluding carboxylic acids is 1. The highest BCUT2D eigenvalue weighted by molar-refractivity contribution is 7.91. The van der Waals surface area contributed by atoms with Gasteiger partial charge in [-0.3, -0.25) is 4.79 Å². The molecule has 0 saturated heterocycles. The molecule has 0 aliphatic carbocycles. The minimum Gasteiger partial charge on any atom is -0.356 e. The van der Waals surface area contributed by atoms with Crippen molar-refractivity contribution < 1.29 is 13.2 Å². The van der Waals surface area contributed by atoms with Gasteiger partial charge >= 0.3 is 0 Å². The molecular weight excluding hydrogens is 286 g/mol. The van der Waals surface area contributed by atoms with Gasteiger partial charge in [0.2, 0.25) is 15.9 Å². The normalized spacial score (nSPS) is 10.9. The van der Waals surface area contributed by atoms with E-state index >= 15 is 0 Å². The molecule has 0 aliphatic heterocycles. The number of amides is 1. The Hall–Kier alpha value is -1.43. The van der Waals surface area contributed by atoms with Crippen LogP contribution in [0.25, 0.3) is 0 Å². The number of hydrogen-bond acceptors (Lipinski definition) is 5. The molecule has 1 rings (SSSR count). The molecule has 0 unspecified atom stereocenters. The molecule has 0 aromatic carbocycles. The summed E-state index contributed by atoms with van der Waals surface area (Å²) in [5.74, 6) is -0.187. The predicted octanol–water partition coefficient (Wildman–Crippen LogP) is 0.814. The Balaban J connectivity index is 2.48. The van der Waals surface area contributed by atoms with E-state index in [0.717, 1.165) is 17.8 Å². The molecule has 1 heterocycles. The molecular formula is C11H15N3O3S2. The minimum atomic E-state index is -3.63. The molecule has 6 nitrogen and oxygen atoms in total. The summed E-state index contributed by atoms with van der Waals surface area (Å²) in [6.45, 7) is 2.56. The van der Waals surface area contributed by atoms with Gasteiger partial charge in [-0.2, -0.15) is 5.26 Å². The van der Waals surface area contributed by atoms with E-state index in [-0.39, 0.29) is 23.1 Å². The summed E-state index contributed by atoms with van der Waals surface area (Å²) in [6.07, 6.45) is 0.930. The van der Waals surface area contributed by atoms with Crippen LogP contribution in [0.5, 0.6) is 0 Å². The van der Waals surface area contributed by atoms with Crippen LogP contribution in [0.4, 0.5) is 0 Å². The van der Waals surface area contributed by atoms with Gasteiger partial charge in [0.15, 0.2) is 0 Å². The Bertz CT molecular complexity index is 572. The molecule has 0 fully saturated rings. The van der Waals surface area contributed by atoms with E-state index in [9.17, 15) is 13.2 Å². The Morgan fingerprint density at radius 1 is 1.42 bits per heavy atom. The van der Waals surface area contributed by atoms with Crippen LogP contribution < -0.4 is 10.0 Å². The molecule has 0 atom stereocenters.